The first kappa shape index (κ1) is 18.7. The number of hydrazine groups is 1. The van der Waals surface area contributed by atoms with Gasteiger partial charge in [0.1, 0.15) is 13.2 Å². The second-order valence-corrected chi connectivity index (χ2v) is 6.67. The predicted octanol–water partition coefficient (Wildman–Crippen LogP) is 2.73. The van der Waals surface area contributed by atoms with Crippen LogP contribution in [0, 0.1) is 0 Å². The predicted molar refractivity (Wildman–Crippen MR) is 105 cm³/mol. The highest BCUT2D eigenvalue weighted by atomic mass is 16.6. The van der Waals surface area contributed by atoms with Crippen molar-refractivity contribution in [2.75, 3.05) is 13.1 Å². The standard InChI is InChI=1S/C21H21N5O3/c27-20(15-24-14-9-19(23-24)18-7-10-22-11-8-18)25-12-4-13-26(25)21(28)29-16-17-5-2-1-3-6-17/h1-3,5-11,14H,4,12-13,15-16H2. The van der Waals surface area contributed by atoms with E-state index in [-0.39, 0.29) is 19.1 Å². The first-order valence-electron chi connectivity index (χ1n) is 9.43. The number of carbonyl (C=O) groups is 2. The number of rotatable bonds is 5. The maximum atomic E-state index is 12.8. The minimum Gasteiger partial charge on any atom is -0.443 e. The van der Waals surface area contributed by atoms with Gasteiger partial charge < -0.3 is 4.74 Å². The second-order valence-electron chi connectivity index (χ2n) is 6.67. The molecule has 29 heavy (non-hydrogen) atoms. The zero-order valence-electron chi connectivity index (χ0n) is 15.8. The number of nitrogens with zero attached hydrogens (tertiary/aromatic N) is 5. The van der Waals surface area contributed by atoms with Gasteiger partial charge in [0.15, 0.2) is 0 Å². The first-order chi connectivity index (χ1) is 14.2. The maximum Gasteiger partial charge on any atom is 0.429 e. The summed E-state index contributed by atoms with van der Waals surface area (Å²) in [6.07, 6.45) is 5.35. The smallest absolute Gasteiger partial charge is 0.429 e. The van der Waals surface area contributed by atoms with Crippen LogP contribution < -0.4 is 0 Å². The molecule has 8 nitrogen and oxygen atoms in total. The molecule has 148 valence electrons. The van der Waals surface area contributed by atoms with E-state index in [0.29, 0.717) is 19.5 Å². The Bertz CT molecular complexity index is 974. The molecule has 0 atom stereocenters. The highest BCUT2D eigenvalue weighted by Gasteiger charge is 2.32. The number of pyridine rings is 1. The molecular weight excluding hydrogens is 370 g/mol. The van der Waals surface area contributed by atoms with E-state index < -0.39 is 6.09 Å². The van der Waals surface area contributed by atoms with Gasteiger partial charge in [0.05, 0.1) is 5.69 Å². The summed E-state index contributed by atoms with van der Waals surface area (Å²) in [5.74, 6) is -0.205. The summed E-state index contributed by atoms with van der Waals surface area (Å²) in [5.41, 5.74) is 2.59. The van der Waals surface area contributed by atoms with Crippen molar-refractivity contribution in [3.8, 4) is 11.3 Å². The van der Waals surface area contributed by atoms with E-state index in [1.165, 1.54) is 10.0 Å². The van der Waals surface area contributed by atoms with Gasteiger partial charge in [0.25, 0.3) is 5.91 Å². The van der Waals surface area contributed by atoms with Crippen molar-refractivity contribution >= 4 is 12.0 Å². The van der Waals surface area contributed by atoms with E-state index in [4.69, 9.17) is 4.74 Å². The molecule has 1 saturated heterocycles. The number of benzene rings is 1. The van der Waals surface area contributed by atoms with Gasteiger partial charge in [-0.25, -0.2) is 14.8 Å². The third kappa shape index (κ3) is 4.43. The van der Waals surface area contributed by atoms with Crippen molar-refractivity contribution in [3.05, 3.63) is 72.7 Å². The van der Waals surface area contributed by atoms with Crippen molar-refractivity contribution in [2.24, 2.45) is 0 Å². The normalized spacial score (nSPS) is 13.5. The van der Waals surface area contributed by atoms with Gasteiger partial charge >= 0.3 is 6.09 Å². The van der Waals surface area contributed by atoms with Crippen molar-refractivity contribution in [3.63, 3.8) is 0 Å². The molecular formula is C21H21N5O3. The number of amides is 2. The molecule has 0 bridgehead atoms. The summed E-state index contributed by atoms with van der Waals surface area (Å²) in [5, 5.41) is 7.26. The van der Waals surface area contributed by atoms with E-state index >= 15 is 0 Å². The SMILES string of the molecule is O=C(Cn1ccc(-c2ccncc2)n1)N1CCCN1C(=O)OCc1ccccc1. The molecule has 0 aliphatic carbocycles. The lowest BCUT2D eigenvalue weighted by atomic mass is 10.2. The second kappa shape index (κ2) is 8.55. The Balaban J connectivity index is 1.36. The molecule has 1 aromatic carbocycles. The zero-order chi connectivity index (χ0) is 20.1. The highest BCUT2D eigenvalue weighted by molar-refractivity contribution is 5.79. The molecule has 0 N–H and O–H groups in total. The van der Waals surface area contributed by atoms with Crippen LogP contribution in [0.3, 0.4) is 0 Å². The van der Waals surface area contributed by atoms with E-state index in [0.717, 1.165) is 16.8 Å². The molecule has 8 heteroatoms. The quantitative estimate of drug-likeness (QED) is 0.668. The molecule has 4 rings (SSSR count). The van der Waals surface area contributed by atoms with Gasteiger partial charge in [0.2, 0.25) is 0 Å². The molecule has 1 aliphatic rings. The van der Waals surface area contributed by atoms with Crippen LogP contribution in [0.2, 0.25) is 0 Å². The van der Waals surface area contributed by atoms with E-state index in [2.05, 4.69) is 10.1 Å². The number of hydrogen-bond acceptors (Lipinski definition) is 5. The van der Waals surface area contributed by atoms with Crippen LogP contribution >= 0.6 is 0 Å². The molecule has 3 heterocycles. The molecule has 0 radical (unpaired) electrons. The van der Waals surface area contributed by atoms with E-state index in [1.807, 2.05) is 48.5 Å². The molecule has 0 unspecified atom stereocenters. The Hall–Kier alpha value is -3.68. The monoisotopic (exact) mass is 391 g/mol. The van der Waals surface area contributed by atoms with Gasteiger partial charge in [0, 0.05) is 37.2 Å². The largest absolute Gasteiger partial charge is 0.443 e. The van der Waals surface area contributed by atoms with Crippen LogP contribution in [-0.2, 0) is 22.7 Å². The number of hydrogen-bond donors (Lipinski definition) is 0. The summed E-state index contributed by atoms with van der Waals surface area (Å²) in [4.78, 5) is 29.2. The maximum absolute atomic E-state index is 12.8. The Morgan fingerprint density at radius 2 is 1.72 bits per heavy atom. The van der Waals surface area contributed by atoms with Crippen molar-refractivity contribution in [1.82, 2.24) is 24.8 Å². The molecule has 0 saturated carbocycles. The summed E-state index contributed by atoms with van der Waals surface area (Å²) < 4.78 is 6.94. The van der Waals surface area contributed by atoms with Gasteiger partial charge in [-0.3, -0.25) is 14.5 Å². The Morgan fingerprint density at radius 1 is 0.966 bits per heavy atom. The van der Waals surface area contributed by atoms with Crippen LogP contribution in [0.1, 0.15) is 12.0 Å². The Morgan fingerprint density at radius 3 is 2.52 bits per heavy atom. The van der Waals surface area contributed by atoms with Crippen LogP contribution in [0.4, 0.5) is 4.79 Å². The molecule has 2 aromatic heterocycles. The van der Waals surface area contributed by atoms with E-state index in [1.54, 1.807) is 23.3 Å². The molecule has 2 amide bonds. The fourth-order valence-electron chi connectivity index (χ4n) is 3.20. The summed E-state index contributed by atoms with van der Waals surface area (Å²) in [7, 11) is 0. The summed E-state index contributed by atoms with van der Waals surface area (Å²) >= 11 is 0. The fourth-order valence-corrected chi connectivity index (χ4v) is 3.20. The van der Waals surface area contributed by atoms with Gasteiger partial charge in [-0.15, -0.1) is 0 Å². The molecule has 1 fully saturated rings. The first-order valence-corrected chi connectivity index (χ1v) is 9.43. The fraction of sp³-hybridized carbons (Fsp3) is 0.238. The number of carbonyl (C=O) groups excluding carboxylic acids is 2. The zero-order valence-corrected chi connectivity index (χ0v) is 15.8. The third-order valence-corrected chi connectivity index (χ3v) is 4.65. The summed E-state index contributed by atoms with van der Waals surface area (Å²) in [6.45, 7) is 1.17. The van der Waals surface area contributed by atoms with Gasteiger partial charge in [-0.05, 0) is 30.2 Å². The Kier molecular flexibility index (Phi) is 5.51. The van der Waals surface area contributed by atoms with Crippen molar-refractivity contribution in [1.29, 1.82) is 0 Å². The number of aromatic nitrogens is 3. The summed E-state index contributed by atoms with van der Waals surface area (Å²) in [6, 6.07) is 15.0. The minimum absolute atomic E-state index is 0.0492. The van der Waals surface area contributed by atoms with Crippen LogP contribution in [0.15, 0.2) is 67.1 Å². The topological polar surface area (TPSA) is 80.6 Å². The van der Waals surface area contributed by atoms with Gasteiger partial charge in [-0.2, -0.15) is 5.10 Å². The average molecular weight is 391 g/mol. The average Bonchev–Trinajstić information content (AvgIpc) is 3.43. The van der Waals surface area contributed by atoms with Crippen LogP contribution in [0.5, 0.6) is 0 Å². The van der Waals surface area contributed by atoms with Gasteiger partial charge in [-0.1, -0.05) is 30.3 Å². The van der Waals surface area contributed by atoms with Crippen molar-refractivity contribution < 1.29 is 14.3 Å². The highest BCUT2D eigenvalue weighted by Crippen LogP contribution is 2.17. The van der Waals surface area contributed by atoms with Crippen LogP contribution in [-0.4, -0.2) is 49.9 Å². The minimum atomic E-state index is -0.516. The lowest BCUT2D eigenvalue weighted by Crippen LogP contribution is -2.46. The lowest BCUT2D eigenvalue weighted by molar-refractivity contribution is -0.142. The van der Waals surface area contributed by atoms with Crippen LogP contribution in [0.25, 0.3) is 11.3 Å². The molecule has 1 aliphatic heterocycles. The Labute approximate surface area is 168 Å². The lowest BCUT2D eigenvalue weighted by Gasteiger charge is -2.27. The third-order valence-electron chi connectivity index (χ3n) is 4.65. The molecule has 0 spiro atoms. The van der Waals surface area contributed by atoms with E-state index in [9.17, 15) is 9.59 Å². The molecule has 3 aromatic rings. The van der Waals surface area contributed by atoms with Crippen molar-refractivity contribution in [2.45, 2.75) is 19.6 Å². The number of ether oxygens (including phenoxy) is 1.